The molecule has 0 atom stereocenters. The van der Waals surface area contributed by atoms with E-state index in [1.165, 1.54) is 19.3 Å². The highest BCUT2D eigenvalue weighted by atomic mass is 127. The second-order valence-corrected chi connectivity index (χ2v) is 5.59. The lowest BCUT2D eigenvalue weighted by Gasteiger charge is -2.11. The number of hydrogen-bond donors (Lipinski definition) is 2. The fourth-order valence-corrected chi connectivity index (χ4v) is 2.42. The number of halogens is 1. The van der Waals surface area contributed by atoms with E-state index in [4.69, 9.17) is 4.52 Å². The monoisotopic (exact) mass is 420 g/mol. The molecule has 1 fully saturated rings. The molecule has 22 heavy (non-hydrogen) atoms. The number of rotatable bonds is 8. The van der Waals surface area contributed by atoms with Crippen molar-refractivity contribution in [2.75, 3.05) is 13.1 Å². The standard InChI is InChI=1S/C16H28N4O.HI/c1-4-14-13(15(5-2)21-20-14)11-19-16(17-6-3)18-10-9-12-7-8-12;/h12H,4-11H2,1-3H3,(H2,17,18,19);1H. The van der Waals surface area contributed by atoms with Crippen molar-refractivity contribution in [3.05, 3.63) is 17.0 Å². The average molecular weight is 420 g/mol. The van der Waals surface area contributed by atoms with Crippen molar-refractivity contribution in [2.45, 2.75) is 59.4 Å². The van der Waals surface area contributed by atoms with Crippen LogP contribution >= 0.6 is 24.0 Å². The van der Waals surface area contributed by atoms with Crippen LogP contribution in [0, 0.1) is 5.92 Å². The molecule has 0 spiro atoms. The molecule has 1 aromatic rings. The number of aromatic nitrogens is 1. The van der Waals surface area contributed by atoms with Gasteiger partial charge in [-0.1, -0.05) is 31.8 Å². The Kier molecular flexibility index (Phi) is 8.82. The molecule has 5 nitrogen and oxygen atoms in total. The lowest BCUT2D eigenvalue weighted by molar-refractivity contribution is 0.380. The molecule has 0 radical (unpaired) electrons. The van der Waals surface area contributed by atoms with Crippen LogP contribution in [0.5, 0.6) is 0 Å². The molecule has 1 aliphatic carbocycles. The smallest absolute Gasteiger partial charge is 0.191 e. The van der Waals surface area contributed by atoms with Crippen LogP contribution < -0.4 is 10.6 Å². The highest BCUT2D eigenvalue weighted by molar-refractivity contribution is 14.0. The van der Waals surface area contributed by atoms with Crippen LogP contribution in [0.4, 0.5) is 0 Å². The van der Waals surface area contributed by atoms with E-state index in [0.717, 1.165) is 54.8 Å². The first-order valence-electron chi connectivity index (χ1n) is 8.26. The van der Waals surface area contributed by atoms with E-state index in [9.17, 15) is 0 Å². The lowest BCUT2D eigenvalue weighted by atomic mass is 10.1. The predicted molar refractivity (Wildman–Crippen MR) is 101 cm³/mol. The van der Waals surface area contributed by atoms with Crippen molar-refractivity contribution in [2.24, 2.45) is 10.9 Å². The van der Waals surface area contributed by atoms with Crippen LogP contribution in [0.3, 0.4) is 0 Å². The molecule has 0 aromatic carbocycles. The van der Waals surface area contributed by atoms with Gasteiger partial charge < -0.3 is 15.2 Å². The van der Waals surface area contributed by atoms with Gasteiger partial charge in [-0.3, -0.25) is 0 Å². The Morgan fingerprint density at radius 1 is 1.23 bits per heavy atom. The zero-order valence-electron chi connectivity index (χ0n) is 13.9. The molecule has 0 unspecified atom stereocenters. The van der Waals surface area contributed by atoms with Crippen LogP contribution in [0.1, 0.15) is 57.1 Å². The first-order chi connectivity index (χ1) is 10.3. The summed E-state index contributed by atoms with van der Waals surface area (Å²) in [6.45, 7) is 8.79. The molecule has 1 heterocycles. The van der Waals surface area contributed by atoms with Crippen LogP contribution in [0.2, 0.25) is 0 Å². The molecule has 0 saturated heterocycles. The highest BCUT2D eigenvalue weighted by Gasteiger charge is 2.20. The van der Waals surface area contributed by atoms with Crippen molar-refractivity contribution < 1.29 is 4.52 Å². The molecule has 2 N–H and O–H groups in total. The van der Waals surface area contributed by atoms with Crippen molar-refractivity contribution in [3.63, 3.8) is 0 Å². The van der Waals surface area contributed by atoms with E-state index >= 15 is 0 Å². The minimum Gasteiger partial charge on any atom is -0.361 e. The van der Waals surface area contributed by atoms with Gasteiger partial charge in [0.25, 0.3) is 0 Å². The third kappa shape index (κ3) is 5.78. The molecule has 2 rings (SSSR count). The Hall–Kier alpha value is -0.790. The third-order valence-electron chi connectivity index (χ3n) is 3.89. The molecular formula is C16H29IN4O. The van der Waals surface area contributed by atoms with E-state index in [1.807, 2.05) is 0 Å². The molecule has 1 aliphatic rings. The summed E-state index contributed by atoms with van der Waals surface area (Å²) in [5.74, 6) is 2.80. The Balaban J connectivity index is 0.00000242. The Bertz CT molecular complexity index is 447. The maximum Gasteiger partial charge on any atom is 0.191 e. The zero-order valence-corrected chi connectivity index (χ0v) is 16.3. The van der Waals surface area contributed by atoms with E-state index in [0.29, 0.717) is 6.54 Å². The third-order valence-corrected chi connectivity index (χ3v) is 3.89. The number of guanidine groups is 1. The van der Waals surface area contributed by atoms with E-state index in [-0.39, 0.29) is 24.0 Å². The van der Waals surface area contributed by atoms with Gasteiger partial charge in [-0.15, -0.1) is 24.0 Å². The summed E-state index contributed by atoms with van der Waals surface area (Å²) in [5.41, 5.74) is 2.18. The first kappa shape index (κ1) is 19.3. The Labute approximate surface area is 150 Å². The van der Waals surface area contributed by atoms with Gasteiger partial charge in [0.15, 0.2) is 5.96 Å². The zero-order chi connectivity index (χ0) is 15.1. The van der Waals surface area contributed by atoms with Gasteiger partial charge in [-0.25, -0.2) is 4.99 Å². The maximum absolute atomic E-state index is 5.39. The molecule has 1 saturated carbocycles. The first-order valence-corrected chi connectivity index (χ1v) is 8.26. The number of hydrogen-bond acceptors (Lipinski definition) is 3. The summed E-state index contributed by atoms with van der Waals surface area (Å²) in [6, 6.07) is 0. The van der Waals surface area contributed by atoms with Gasteiger partial charge in [0.05, 0.1) is 12.2 Å². The summed E-state index contributed by atoms with van der Waals surface area (Å²) in [4.78, 5) is 4.68. The summed E-state index contributed by atoms with van der Waals surface area (Å²) in [5, 5.41) is 10.9. The molecule has 0 bridgehead atoms. The second kappa shape index (κ2) is 10.1. The largest absolute Gasteiger partial charge is 0.361 e. The van der Waals surface area contributed by atoms with Gasteiger partial charge in [-0.2, -0.15) is 0 Å². The average Bonchev–Trinajstić information content (AvgIpc) is 3.23. The Morgan fingerprint density at radius 2 is 2.00 bits per heavy atom. The molecule has 0 amide bonds. The van der Waals surface area contributed by atoms with E-state index in [2.05, 4.69) is 41.6 Å². The molecule has 1 aromatic heterocycles. The lowest BCUT2D eigenvalue weighted by Crippen LogP contribution is -2.37. The number of nitrogens with zero attached hydrogens (tertiary/aromatic N) is 2. The van der Waals surface area contributed by atoms with Crippen LogP contribution in [0.25, 0.3) is 0 Å². The fourth-order valence-electron chi connectivity index (χ4n) is 2.42. The summed E-state index contributed by atoms with van der Waals surface area (Å²) >= 11 is 0. The van der Waals surface area contributed by atoms with Crippen molar-refractivity contribution in [1.29, 1.82) is 0 Å². The van der Waals surface area contributed by atoms with Gasteiger partial charge in [0.2, 0.25) is 0 Å². The van der Waals surface area contributed by atoms with Gasteiger partial charge in [0, 0.05) is 25.1 Å². The van der Waals surface area contributed by atoms with Crippen LogP contribution in [0.15, 0.2) is 9.52 Å². The number of nitrogens with one attached hydrogen (secondary N) is 2. The van der Waals surface area contributed by atoms with Gasteiger partial charge in [0.1, 0.15) is 5.76 Å². The Morgan fingerprint density at radius 3 is 2.59 bits per heavy atom. The minimum absolute atomic E-state index is 0. The molecule has 6 heteroatoms. The highest BCUT2D eigenvalue weighted by Crippen LogP contribution is 2.31. The molecule has 0 aliphatic heterocycles. The maximum atomic E-state index is 5.39. The summed E-state index contributed by atoms with van der Waals surface area (Å²) in [7, 11) is 0. The van der Waals surface area contributed by atoms with Gasteiger partial charge in [-0.05, 0) is 25.7 Å². The van der Waals surface area contributed by atoms with Crippen molar-refractivity contribution in [3.8, 4) is 0 Å². The fraction of sp³-hybridized carbons (Fsp3) is 0.750. The predicted octanol–water partition coefficient (Wildman–Crippen LogP) is 3.27. The molecule has 126 valence electrons. The van der Waals surface area contributed by atoms with Crippen LogP contribution in [-0.4, -0.2) is 24.2 Å². The van der Waals surface area contributed by atoms with Crippen molar-refractivity contribution >= 4 is 29.9 Å². The number of aryl methyl sites for hydroxylation is 2. The number of aliphatic imine (C=N–C) groups is 1. The SMILES string of the molecule is CCNC(=NCc1c(CC)noc1CC)NCCC1CC1.I. The van der Waals surface area contributed by atoms with Gasteiger partial charge >= 0.3 is 0 Å². The quantitative estimate of drug-likeness (QED) is 0.385. The van der Waals surface area contributed by atoms with Crippen molar-refractivity contribution in [1.82, 2.24) is 15.8 Å². The van der Waals surface area contributed by atoms with E-state index < -0.39 is 0 Å². The van der Waals surface area contributed by atoms with Crippen LogP contribution in [-0.2, 0) is 19.4 Å². The normalized spacial score (nSPS) is 14.6. The minimum atomic E-state index is 0. The summed E-state index contributed by atoms with van der Waals surface area (Å²) < 4.78 is 5.39. The second-order valence-electron chi connectivity index (χ2n) is 5.59. The molecular weight excluding hydrogens is 391 g/mol. The van der Waals surface area contributed by atoms with E-state index in [1.54, 1.807) is 0 Å². The topological polar surface area (TPSA) is 62.5 Å². The summed E-state index contributed by atoms with van der Waals surface area (Å²) in [6.07, 6.45) is 5.80.